The average molecular weight is 417 g/mol. The number of fused-ring (bicyclic) bond motifs is 2. The molecule has 1 aliphatic carbocycles. The highest BCUT2D eigenvalue weighted by Gasteiger charge is 2.29. The second-order valence-electron chi connectivity index (χ2n) is 7.45. The number of rotatable bonds is 3. The molecule has 0 aromatic heterocycles. The zero-order valence-electron chi connectivity index (χ0n) is 16.0. The van der Waals surface area contributed by atoms with Gasteiger partial charge in [-0.15, -0.1) is 11.8 Å². The number of anilines is 1. The number of carbonyl (C=O) groups excluding carboxylic acids is 1. The van der Waals surface area contributed by atoms with Crippen LogP contribution in [0.15, 0.2) is 52.3 Å². The summed E-state index contributed by atoms with van der Waals surface area (Å²) < 4.78 is 29.1. The third-order valence-corrected chi connectivity index (χ3v) is 7.97. The minimum absolute atomic E-state index is 0.0721. The lowest BCUT2D eigenvalue weighted by Crippen LogP contribution is -2.37. The quantitative estimate of drug-likeness (QED) is 0.824. The van der Waals surface area contributed by atoms with Crippen molar-refractivity contribution in [3.05, 3.63) is 53.6 Å². The molecule has 0 bridgehead atoms. The van der Waals surface area contributed by atoms with Crippen molar-refractivity contribution in [3.8, 4) is 0 Å². The van der Waals surface area contributed by atoms with Crippen molar-refractivity contribution < 1.29 is 13.2 Å². The van der Waals surface area contributed by atoms with Crippen LogP contribution in [-0.4, -0.2) is 26.1 Å². The normalized spacial score (nSPS) is 21.7. The van der Waals surface area contributed by atoms with Crippen molar-refractivity contribution in [2.75, 3.05) is 11.4 Å². The summed E-state index contributed by atoms with van der Waals surface area (Å²) in [7, 11) is -3.70. The largest absolute Gasteiger partial charge is 0.310 e. The molecular formula is C21H24N2O3S2. The van der Waals surface area contributed by atoms with Crippen LogP contribution in [0.25, 0.3) is 0 Å². The molecule has 0 radical (unpaired) electrons. The lowest BCUT2D eigenvalue weighted by atomic mass is 9.88. The van der Waals surface area contributed by atoms with Crippen LogP contribution < -0.4 is 9.62 Å². The van der Waals surface area contributed by atoms with Crippen LogP contribution in [0, 0.1) is 0 Å². The number of hydrogen-bond donors (Lipinski definition) is 1. The molecule has 0 saturated carbocycles. The third-order valence-electron chi connectivity index (χ3n) is 5.35. The van der Waals surface area contributed by atoms with Crippen molar-refractivity contribution in [2.24, 2.45) is 0 Å². The SMILES string of the molecule is CC(=O)N1C[C@H](C)Sc2ccc(S(=O)(=O)N[C@@H]3CCCc4ccccc43)cc21. The topological polar surface area (TPSA) is 66.5 Å². The molecule has 1 amide bonds. The predicted octanol–water partition coefficient (Wildman–Crippen LogP) is 3.89. The van der Waals surface area contributed by atoms with Crippen molar-refractivity contribution in [1.29, 1.82) is 0 Å². The number of sulfonamides is 1. The highest BCUT2D eigenvalue weighted by Crippen LogP contribution is 2.40. The number of hydrogen-bond acceptors (Lipinski definition) is 4. The highest BCUT2D eigenvalue weighted by atomic mass is 32.2. The van der Waals surface area contributed by atoms with Gasteiger partial charge in [-0.05, 0) is 48.6 Å². The number of amides is 1. The van der Waals surface area contributed by atoms with Crippen LogP contribution in [0.3, 0.4) is 0 Å². The van der Waals surface area contributed by atoms with Gasteiger partial charge in [-0.3, -0.25) is 4.79 Å². The van der Waals surface area contributed by atoms with Crippen LogP contribution in [0.2, 0.25) is 0 Å². The molecule has 0 fully saturated rings. The maximum Gasteiger partial charge on any atom is 0.241 e. The Morgan fingerprint density at radius 2 is 2.00 bits per heavy atom. The summed E-state index contributed by atoms with van der Waals surface area (Å²) in [6.45, 7) is 4.17. The Bertz CT molecular complexity index is 1020. The Labute approximate surface area is 170 Å². The van der Waals surface area contributed by atoms with E-state index in [-0.39, 0.29) is 22.1 Å². The van der Waals surface area contributed by atoms with Gasteiger partial charge in [0.2, 0.25) is 15.9 Å². The molecule has 0 spiro atoms. The Morgan fingerprint density at radius 3 is 2.79 bits per heavy atom. The van der Waals surface area contributed by atoms with Crippen LogP contribution in [0.1, 0.15) is 43.9 Å². The Kier molecular flexibility index (Phi) is 5.24. The zero-order valence-corrected chi connectivity index (χ0v) is 17.6. The molecule has 0 saturated heterocycles. The Balaban J connectivity index is 1.66. The van der Waals surface area contributed by atoms with Gasteiger partial charge in [0, 0.05) is 29.7 Å². The standard InChI is InChI=1S/C21H24N2O3S2/c1-14-13-23(15(2)24)20-12-17(10-11-21(20)27-14)28(25,26)22-19-9-5-7-16-6-3-4-8-18(16)19/h3-4,6,8,10-12,14,19,22H,5,7,9,13H2,1-2H3/t14-,19+/m0/s1. The molecule has 7 heteroatoms. The first-order chi connectivity index (χ1) is 13.3. The summed E-state index contributed by atoms with van der Waals surface area (Å²) in [5.74, 6) is -0.0721. The predicted molar refractivity (Wildman–Crippen MR) is 112 cm³/mol. The van der Waals surface area contributed by atoms with E-state index in [9.17, 15) is 13.2 Å². The zero-order chi connectivity index (χ0) is 19.9. The summed E-state index contributed by atoms with van der Waals surface area (Å²) in [5, 5.41) is 0.274. The minimum atomic E-state index is -3.70. The second-order valence-corrected chi connectivity index (χ2v) is 10.6. The van der Waals surface area contributed by atoms with Gasteiger partial charge >= 0.3 is 0 Å². The van der Waals surface area contributed by atoms with Crippen molar-refractivity contribution in [3.63, 3.8) is 0 Å². The first kappa shape index (κ1) is 19.5. The van der Waals surface area contributed by atoms with Gasteiger partial charge in [-0.25, -0.2) is 13.1 Å². The number of nitrogens with zero attached hydrogens (tertiary/aromatic N) is 1. The monoisotopic (exact) mass is 416 g/mol. The van der Waals surface area contributed by atoms with Gasteiger partial charge in [0.1, 0.15) is 0 Å². The van der Waals surface area contributed by atoms with Gasteiger partial charge < -0.3 is 4.90 Å². The molecule has 2 aromatic rings. The molecule has 2 aliphatic rings. The fourth-order valence-corrected chi connectivity index (χ4v) is 6.38. The Morgan fingerprint density at radius 1 is 1.21 bits per heavy atom. The molecule has 148 valence electrons. The minimum Gasteiger partial charge on any atom is -0.310 e. The molecule has 4 rings (SSSR count). The van der Waals surface area contributed by atoms with E-state index in [0.717, 1.165) is 29.7 Å². The number of carbonyl (C=O) groups is 1. The highest BCUT2D eigenvalue weighted by molar-refractivity contribution is 8.00. The number of nitrogens with one attached hydrogen (secondary N) is 1. The maximum atomic E-state index is 13.1. The maximum absolute atomic E-state index is 13.1. The second kappa shape index (κ2) is 7.54. The number of thioether (sulfide) groups is 1. The van der Waals surface area contributed by atoms with E-state index in [4.69, 9.17) is 0 Å². The van der Waals surface area contributed by atoms with E-state index >= 15 is 0 Å². The fraction of sp³-hybridized carbons (Fsp3) is 0.381. The summed E-state index contributed by atoms with van der Waals surface area (Å²) in [4.78, 5) is 14.9. The van der Waals surface area contributed by atoms with E-state index in [2.05, 4.69) is 17.7 Å². The average Bonchev–Trinajstić information content (AvgIpc) is 2.67. The molecular weight excluding hydrogens is 392 g/mol. The van der Waals surface area contributed by atoms with Crippen LogP contribution >= 0.6 is 11.8 Å². The van der Waals surface area contributed by atoms with E-state index in [1.165, 1.54) is 12.5 Å². The molecule has 2 aromatic carbocycles. The van der Waals surface area contributed by atoms with Gasteiger partial charge in [0.25, 0.3) is 0 Å². The van der Waals surface area contributed by atoms with Gasteiger partial charge in [-0.2, -0.15) is 0 Å². The van der Waals surface area contributed by atoms with Crippen molar-refractivity contribution >= 4 is 33.4 Å². The van der Waals surface area contributed by atoms with Gasteiger partial charge in [-0.1, -0.05) is 31.2 Å². The van der Waals surface area contributed by atoms with Crippen molar-refractivity contribution in [1.82, 2.24) is 4.72 Å². The van der Waals surface area contributed by atoms with Crippen LogP contribution in [0.5, 0.6) is 0 Å². The molecule has 1 heterocycles. The summed E-state index contributed by atoms with van der Waals surface area (Å²) in [5.41, 5.74) is 2.95. The summed E-state index contributed by atoms with van der Waals surface area (Å²) in [6, 6.07) is 12.9. The lowest BCUT2D eigenvalue weighted by Gasteiger charge is -2.32. The molecule has 1 aliphatic heterocycles. The van der Waals surface area contributed by atoms with Gasteiger partial charge in [0.15, 0.2) is 0 Å². The first-order valence-electron chi connectivity index (χ1n) is 9.54. The van der Waals surface area contributed by atoms with E-state index in [0.29, 0.717) is 12.2 Å². The number of aryl methyl sites for hydroxylation is 1. The summed E-state index contributed by atoms with van der Waals surface area (Å²) in [6.07, 6.45) is 2.73. The van der Waals surface area contributed by atoms with Crippen molar-refractivity contribution in [2.45, 2.75) is 54.2 Å². The number of benzene rings is 2. The van der Waals surface area contributed by atoms with Crippen LogP contribution in [0.4, 0.5) is 5.69 Å². The molecule has 0 unspecified atom stereocenters. The van der Waals surface area contributed by atoms with Crippen LogP contribution in [-0.2, 0) is 21.2 Å². The van der Waals surface area contributed by atoms with E-state index < -0.39 is 10.0 Å². The van der Waals surface area contributed by atoms with Gasteiger partial charge in [0.05, 0.1) is 10.6 Å². The summed E-state index contributed by atoms with van der Waals surface area (Å²) >= 11 is 1.67. The molecule has 28 heavy (non-hydrogen) atoms. The smallest absolute Gasteiger partial charge is 0.241 e. The molecule has 2 atom stereocenters. The third kappa shape index (κ3) is 3.71. The first-order valence-corrected chi connectivity index (χ1v) is 11.9. The lowest BCUT2D eigenvalue weighted by molar-refractivity contribution is -0.116. The Hall–Kier alpha value is -1.83. The molecule has 1 N–H and O–H groups in total. The molecule has 5 nitrogen and oxygen atoms in total. The fourth-order valence-electron chi connectivity index (χ4n) is 4.01. The van der Waals surface area contributed by atoms with E-state index in [1.807, 2.05) is 24.3 Å². The van der Waals surface area contributed by atoms with E-state index in [1.54, 1.807) is 28.8 Å².